The zero-order chi connectivity index (χ0) is 23.4. The molecule has 0 spiro atoms. The fourth-order valence-corrected chi connectivity index (χ4v) is 4.29. The quantitative estimate of drug-likeness (QED) is 0.380. The van der Waals surface area contributed by atoms with Crippen LogP contribution in [0.3, 0.4) is 0 Å². The van der Waals surface area contributed by atoms with E-state index in [2.05, 4.69) is 10.1 Å². The van der Waals surface area contributed by atoms with Crippen molar-refractivity contribution >= 4 is 51.4 Å². The summed E-state index contributed by atoms with van der Waals surface area (Å²) in [6, 6.07) is 8.53. The van der Waals surface area contributed by atoms with Crippen molar-refractivity contribution in [2.45, 2.75) is 6.61 Å². The van der Waals surface area contributed by atoms with E-state index in [0.717, 1.165) is 11.3 Å². The standard InChI is InChI=1S/C21H15Cl2F2NO5S/c1-29-16-7-10(3-6-15(16)31-21(24)25)18(27)26-19-17(20(28)30-2)13(9-32-19)12-5-4-11(22)8-14(12)23/h3-9,21H,1-2H3,(H,26,27). The van der Waals surface area contributed by atoms with Gasteiger partial charge in [0.1, 0.15) is 10.6 Å². The second kappa shape index (κ2) is 10.2. The summed E-state index contributed by atoms with van der Waals surface area (Å²) in [5, 5.41) is 5.25. The van der Waals surface area contributed by atoms with Crippen LogP contribution >= 0.6 is 34.5 Å². The molecule has 0 aliphatic heterocycles. The van der Waals surface area contributed by atoms with Crippen LogP contribution in [0.25, 0.3) is 11.1 Å². The van der Waals surface area contributed by atoms with Crippen LogP contribution in [0.1, 0.15) is 20.7 Å². The minimum atomic E-state index is -3.05. The summed E-state index contributed by atoms with van der Waals surface area (Å²) in [7, 11) is 2.47. The molecule has 32 heavy (non-hydrogen) atoms. The van der Waals surface area contributed by atoms with Crippen LogP contribution in [-0.4, -0.2) is 32.7 Å². The van der Waals surface area contributed by atoms with Gasteiger partial charge < -0.3 is 19.5 Å². The van der Waals surface area contributed by atoms with Crippen LogP contribution < -0.4 is 14.8 Å². The molecule has 1 N–H and O–H groups in total. The maximum atomic E-state index is 12.8. The van der Waals surface area contributed by atoms with Gasteiger partial charge in [0.25, 0.3) is 5.91 Å². The van der Waals surface area contributed by atoms with Crippen LogP contribution in [0.5, 0.6) is 11.5 Å². The number of rotatable bonds is 7. The number of halogens is 4. The van der Waals surface area contributed by atoms with Crippen molar-refractivity contribution in [2.75, 3.05) is 19.5 Å². The summed E-state index contributed by atoms with van der Waals surface area (Å²) in [5.74, 6) is -1.55. The van der Waals surface area contributed by atoms with Crippen LogP contribution in [-0.2, 0) is 4.74 Å². The van der Waals surface area contributed by atoms with Crippen molar-refractivity contribution in [1.29, 1.82) is 0 Å². The van der Waals surface area contributed by atoms with Crippen LogP contribution in [0.4, 0.5) is 13.8 Å². The lowest BCUT2D eigenvalue weighted by molar-refractivity contribution is -0.0512. The third-order valence-electron chi connectivity index (χ3n) is 4.27. The molecular weight excluding hydrogens is 487 g/mol. The second-order valence-electron chi connectivity index (χ2n) is 6.17. The topological polar surface area (TPSA) is 73.9 Å². The Hall–Kier alpha value is -2.88. The Labute approximate surface area is 195 Å². The predicted octanol–water partition coefficient (Wildman–Crippen LogP) is 6.37. The zero-order valence-corrected chi connectivity index (χ0v) is 18.9. The lowest BCUT2D eigenvalue weighted by Gasteiger charge is -2.12. The molecule has 0 radical (unpaired) electrons. The molecule has 3 aromatic rings. The van der Waals surface area contributed by atoms with Gasteiger partial charge in [-0.2, -0.15) is 8.78 Å². The summed E-state index contributed by atoms with van der Waals surface area (Å²) in [6.45, 7) is -3.05. The number of thiophene rings is 1. The third kappa shape index (κ3) is 5.12. The van der Waals surface area contributed by atoms with E-state index in [1.54, 1.807) is 17.5 Å². The molecule has 1 aromatic heterocycles. The van der Waals surface area contributed by atoms with E-state index in [4.69, 9.17) is 32.7 Å². The number of alkyl halides is 2. The van der Waals surface area contributed by atoms with Gasteiger partial charge in [-0.25, -0.2) is 4.79 Å². The van der Waals surface area contributed by atoms with E-state index in [-0.39, 0.29) is 27.6 Å². The smallest absolute Gasteiger partial charge is 0.387 e. The molecule has 168 valence electrons. The number of hydrogen-bond acceptors (Lipinski definition) is 6. The van der Waals surface area contributed by atoms with Gasteiger partial charge >= 0.3 is 12.6 Å². The highest BCUT2D eigenvalue weighted by Gasteiger charge is 2.24. The van der Waals surface area contributed by atoms with E-state index < -0.39 is 18.5 Å². The minimum Gasteiger partial charge on any atom is -0.493 e. The van der Waals surface area contributed by atoms with Crippen molar-refractivity contribution < 1.29 is 32.6 Å². The molecular formula is C21H15Cl2F2NO5S. The van der Waals surface area contributed by atoms with E-state index in [1.165, 1.54) is 38.5 Å². The minimum absolute atomic E-state index is 0.0500. The van der Waals surface area contributed by atoms with Gasteiger partial charge in [0.2, 0.25) is 0 Å². The van der Waals surface area contributed by atoms with Gasteiger partial charge in [0.05, 0.1) is 14.2 Å². The van der Waals surface area contributed by atoms with Gasteiger partial charge in [-0.15, -0.1) is 11.3 Å². The van der Waals surface area contributed by atoms with Crippen molar-refractivity contribution in [2.24, 2.45) is 0 Å². The first-order valence-corrected chi connectivity index (χ1v) is 10.5. The summed E-state index contributed by atoms with van der Waals surface area (Å²) in [4.78, 5) is 25.3. The number of esters is 1. The molecule has 0 saturated carbocycles. The van der Waals surface area contributed by atoms with Crippen molar-refractivity contribution in [3.05, 3.63) is 63.0 Å². The van der Waals surface area contributed by atoms with Crippen molar-refractivity contribution in [3.8, 4) is 22.6 Å². The zero-order valence-electron chi connectivity index (χ0n) is 16.6. The summed E-state index contributed by atoms with van der Waals surface area (Å²) >= 11 is 13.3. The molecule has 0 aliphatic carbocycles. The number of nitrogens with one attached hydrogen (secondary N) is 1. The summed E-state index contributed by atoms with van der Waals surface area (Å²) in [5.41, 5.74) is 1.19. The van der Waals surface area contributed by atoms with E-state index in [9.17, 15) is 18.4 Å². The van der Waals surface area contributed by atoms with Gasteiger partial charge in [0, 0.05) is 32.1 Å². The number of benzene rings is 2. The Morgan fingerprint density at radius 1 is 1.03 bits per heavy atom. The lowest BCUT2D eigenvalue weighted by atomic mass is 10.0. The highest BCUT2D eigenvalue weighted by atomic mass is 35.5. The van der Waals surface area contributed by atoms with Gasteiger partial charge in [-0.3, -0.25) is 4.79 Å². The average Bonchev–Trinajstić information content (AvgIpc) is 3.16. The van der Waals surface area contributed by atoms with E-state index >= 15 is 0 Å². The molecule has 0 saturated heterocycles. The maximum Gasteiger partial charge on any atom is 0.387 e. The van der Waals surface area contributed by atoms with E-state index in [0.29, 0.717) is 21.2 Å². The molecule has 3 rings (SSSR count). The molecule has 1 amide bonds. The molecule has 0 bridgehead atoms. The monoisotopic (exact) mass is 501 g/mol. The van der Waals surface area contributed by atoms with Crippen molar-refractivity contribution in [1.82, 2.24) is 0 Å². The van der Waals surface area contributed by atoms with Gasteiger partial charge in [-0.1, -0.05) is 29.3 Å². The van der Waals surface area contributed by atoms with Gasteiger partial charge in [-0.05, 0) is 30.3 Å². The first-order chi connectivity index (χ1) is 15.2. The Morgan fingerprint density at radius 2 is 1.78 bits per heavy atom. The number of methoxy groups -OCH3 is 2. The largest absolute Gasteiger partial charge is 0.493 e. The van der Waals surface area contributed by atoms with Crippen LogP contribution in [0.15, 0.2) is 41.8 Å². The first-order valence-electron chi connectivity index (χ1n) is 8.84. The summed E-state index contributed by atoms with van der Waals surface area (Å²) in [6.07, 6.45) is 0. The predicted molar refractivity (Wildman–Crippen MR) is 119 cm³/mol. The Balaban J connectivity index is 1.96. The molecule has 0 atom stereocenters. The number of ether oxygens (including phenoxy) is 3. The molecule has 0 fully saturated rings. The van der Waals surface area contributed by atoms with Crippen LogP contribution in [0.2, 0.25) is 10.0 Å². The highest BCUT2D eigenvalue weighted by Crippen LogP contribution is 2.40. The SMILES string of the molecule is COC(=O)c1c(-c2ccc(Cl)cc2Cl)csc1NC(=O)c1ccc(OC(F)F)c(OC)c1. The fraction of sp³-hybridized carbons (Fsp3) is 0.143. The number of carbonyl (C=O) groups is 2. The summed E-state index contributed by atoms with van der Waals surface area (Å²) < 4.78 is 39.3. The number of hydrogen-bond donors (Lipinski definition) is 1. The molecule has 2 aromatic carbocycles. The maximum absolute atomic E-state index is 12.8. The Kier molecular flexibility index (Phi) is 7.55. The average molecular weight is 502 g/mol. The van der Waals surface area contributed by atoms with Gasteiger partial charge in [0.15, 0.2) is 11.5 Å². The number of anilines is 1. The highest BCUT2D eigenvalue weighted by molar-refractivity contribution is 7.15. The fourth-order valence-electron chi connectivity index (χ4n) is 2.84. The normalized spacial score (nSPS) is 10.7. The molecule has 6 nitrogen and oxygen atoms in total. The molecule has 1 heterocycles. The first kappa shape index (κ1) is 23.8. The Bertz CT molecular complexity index is 1170. The van der Waals surface area contributed by atoms with Crippen LogP contribution in [0, 0.1) is 0 Å². The van der Waals surface area contributed by atoms with Crippen molar-refractivity contribution in [3.63, 3.8) is 0 Å². The Morgan fingerprint density at radius 3 is 2.41 bits per heavy atom. The molecule has 0 aliphatic rings. The second-order valence-corrected chi connectivity index (χ2v) is 7.89. The number of carbonyl (C=O) groups excluding carboxylic acids is 2. The molecule has 0 unspecified atom stereocenters. The van der Waals surface area contributed by atoms with E-state index in [1.807, 2.05) is 0 Å². The third-order valence-corrected chi connectivity index (χ3v) is 5.71. The molecule has 11 heteroatoms. The lowest BCUT2D eigenvalue weighted by Crippen LogP contribution is -2.14. The number of amides is 1.